The molecule has 0 saturated heterocycles. The number of rotatable bonds is 10. The number of fused-ring (bicyclic) bond motifs is 1. The topological polar surface area (TPSA) is 87.7 Å². The molecule has 2 aromatic heterocycles. The van der Waals surface area contributed by atoms with E-state index in [0.29, 0.717) is 29.1 Å². The molecule has 35 heavy (non-hydrogen) atoms. The summed E-state index contributed by atoms with van der Waals surface area (Å²) in [4.78, 5) is 23.5. The van der Waals surface area contributed by atoms with E-state index in [0.717, 1.165) is 28.2 Å². The first-order chi connectivity index (χ1) is 16.9. The normalized spacial score (nSPS) is 12.4. The quantitative estimate of drug-likeness (QED) is 0.335. The van der Waals surface area contributed by atoms with Gasteiger partial charge in [-0.05, 0) is 50.1 Å². The van der Waals surface area contributed by atoms with E-state index in [1.807, 2.05) is 60.8 Å². The molecule has 0 aliphatic carbocycles. The minimum atomic E-state index is -0.686. The lowest BCUT2D eigenvalue weighted by molar-refractivity contribution is 0.0531. The van der Waals surface area contributed by atoms with Crippen molar-refractivity contribution in [3.8, 4) is 22.6 Å². The number of aliphatic hydroxyl groups is 1. The number of nitrogens with zero attached hydrogens (tertiary/aromatic N) is 2. The highest BCUT2D eigenvalue weighted by Gasteiger charge is 2.19. The molecule has 4 rings (SSSR count). The Morgan fingerprint density at radius 1 is 1.17 bits per heavy atom. The number of para-hydroxylation sites is 1. The summed E-state index contributed by atoms with van der Waals surface area (Å²) in [6.45, 7) is 7.08. The van der Waals surface area contributed by atoms with E-state index >= 15 is 0 Å². The van der Waals surface area contributed by atoms with Crippen LogP contribution in [0.3, 0.4) is 0 Å². The second-order valence-corrected chi connectivity index (χ2v) is 9.69. The van der Waals surface area contributed by atoms with Crippen molar-refractivity contribution in [2.24, 2.45) is 0 Å². The van der Waals surface area contributed by atoms with E-state index in [4.69, 9.17) is 14.5 Å². The van der Waals surface area contributed by atoms with E-state index in [-0.39, 0.29) is 18.2 Å². The van der Waals surface area contributed by atoms with Crippen molar-refractivity contribution in [3.05, 3.63) is 75.7 Å². The summed E-state index contributed by atoms with van der Waals surface area (Å²) in [6, 6.07) is 15.5. The summed E-state index contributed by atoms with van der Waals surface area (Å²) < 4.78 is 11.1. The molecule has 8 heteroatoms. The van der Waals surface area contributed by atoms with Crippen LogP contribution in [0, 0.1) is 6.92 Å². The van der Waals surface area contributed by atoms with Crippen LogP contribution in [0.25, 0.3) is 21.3 Å². The maximum atomic E-state index is 13.1. The summed E-state index contributed by atoms with van der Waals surface area (Å²) in [7, 11) is 1.62. The van der Waals surface area contributed by atoms with E-state index in [1.165, 1.54) is 11.3 Å². The van der Waals surface area contributed by atoms with Crippen molar-refractivity contribution in [2.45, 2.75) is 39.5 Å². The molecule has 2 N–H and O–H groups in total. The fourth-order valence-electron chi connectivity index (χ4n) is 3.95. The van der Waals surface area contributed by atoms with Gasteiger partial charge in [-0.1, -0.05) is 30.3 Å². The van der Waals surface area contributed by atoms with Crippen molar-refractivity contribution in [1.29, 1.82) is 0 Å². The number of H-pyrrole nitrogens is 1. The second-order valence-electron chi connectivity index (χ2n) is 8.83. The van der Waals surface area contributed by atoms with Gasteiger partial charge in [0.1, 0.15) is 34.9 Å². The molecule has 0 bridgehead atoms. The SMILES string of the molecule is COc1cccc(-c2csc3nc(CN(C[C@@H](O)COc4ccccc4C)C(C)C)[nH]c(=O)c23)c1. The van der Waals surface area contributed by atoms with Gasteiger partial charge in [0.15, 0.2) is 0 Å². The van der Waals surface area contributed by atoms with Gasteiger partial charge in [0.25, 0.3) is 5.56 Å². The predicted octanol–water partition coefficient (Wildman–Crippen LogP) is 4.62. The first-order valence-corrected chi connectivity index (χ1v) is 12.5. The van der Waals surface area contributed by atoms with E-state index in [1.54, 1.807) is 7.11 Å². The minimum Gasteiger partial charge on any atom is -0.497 e. The van der Waals surface area contributed by atoms with Crippen molar-refractivity contribution in [1.82, 2.24) is 14.9 Å². The Hall–Kier alpha value is -3.20. The predicted molar refractivity (Wildman–Crippen MR) is 140 cm³/mol. The number of hydrogen-bond donors (Lipinski definition) is 2. The Bertz CT molecular complexity index is 1350. The first kappa shape index (κ1) is 24.9. The van der Waals surface area contributed by atoms with Gasteiger partial charge in [-0.3, -0.25) is 9.69 Å². The number of aromatic amines is 1. The van der Waals surface area contributed by atoms with E-state index in [2.05, 4.69) is 23.7 Å². The monoisotopic (exact) mass is 493 g/mol. The number of aromatic nitrogens is 2. The average Bonchev–Trinajstić information content (AvgIpc) is 3.28. The zero-order chi connectivity index (χ0) is 24.9. The molecule has 0 radical (unpaired) electrons. The number of benzene rings is 2. The van der Waals surface area contributed by atoms with Crippen LogP contribution in [0.4, 0.5) is 0 Å². The highest BCUT2D eigenvalue weighted by atomic mass is 32.1. The van der Waals surface area contributed by atoms with Crippen LogP contribution in [0.1, 0.15) is 25.2 Å². The Morgan fingerprint density at radius 3 is 2.71 bits per heavy atom. The number of ether oxygens (including phenoxy) is 2. The summed E-state index contributed by atoms with van der Waals surface area (Å²) in [5.74, 6) is 2.08. The third-order valence-electron chi connectivity index (χ3n) is 5.93. The first-order valence-electron chi connectivity index (χ1n) is 11.6. The van der Waals surface area contributed by atoms with Crippen LogP contribution in [0.2, 0.25) is 0 Å². The molecular formula is C27H31N3O4S. The van der Waals surface area contributed by atoms with Crippen LogP contribution >= 0.6 is 11.3 Å². The van der Waals surface area contributed by atoms with Gasteiger partial charge in [0.05, 0.1) is 19.0 Å². The Morgan fingerprint density at radius 2 is 1.97 bits per heavy atom. The highest BCUT2D eigenvalue weighted by Crippen LogP contribution is 2.32. The van der Waals surface area contributed by atoms with Crippen LogP contribution in [0.15, 0.2) is 58.7 Å². The average molecular weight is 494 g/mol. The number of nitrogens with one attached hydrogen (secondary N) is 1. The summed E-state index contributed by atoms with van der Waals surface area (Å²) in [5.41, 5.74) is 2.61. The minimum absolute atomic E-state index is 0.139. The molecule has 0 unspecified atom stereocenters. The van der Waals surface area contributed by atoms with Gasteiger partial charge in [0.2, 0.25) is 0 Å². The fourth-order valence-corrected chi connectivity index (χ4v) is 4.92. The van der Waals surface area contributed by atoms with Crippen LogP contribution in [-0.4, -0.2) is 52.4 Å². The third-order valence-corrected chi connectivity index (χ3v) is 6.80. The van der Waals surface area contributed by atoms with Crippen molar-refractivity contribution in [2.75, 3.05) is 20.3 Å². The molecule has 2 heterocycles. The lowest BCUT2D eigenvalue weighted by Gasteiger charge is -2.28. The second kappa shape index (κ2) is 11.0. The molecule has 0 fully saturated rings. The van der Waals surface area contributed by atoms with Gasteiger partial charge < -0.3 is 19.6 Å². The molecule has 0 saturated carbocycles. The Labute approximate surface area is 209 Å². The largest absolute Gasteiger partial charge is 0.497 e. The maximum Gasteiger partial charge on any atom is 0.260 e. The molecule has 0 amide bonds. The lowest BCUT2D eigenvalue weighted by atomic mass is 10.1. The lowest BCUT2D eigenvalue weighted by Crippen LogP contribution is -2.40. The molecule has 0 aliphatic heterocycles. The van der Waals surface area contributed by atoms with E-state index in [9.17, 15) is 9.90 Å². The molecule has 0 aliphatic rings. The van der Waals surface area contributed by atoms with Crippen LogP contribution in [-0.2, 0) is 6.54 Å². The summed E-state index contributed by atoms with van der Waals surface area (Å²) in [6.07, 6.45) is -0.686. The number of methoxy groups -OCH3 is 1. The molecule has 0 spiro atoms. The maximum absolute atomic E-state index is 13.1. The van der Waals surface area contributed by atoms with E-state index < -0.39 is 6.10 Å². The molecular weight excluding hydrogens is 462 g/mol. The van der Waals surface area contributed by atoms with Gasteiger partial charge in [-0.2, -0.15) is 0 Å². The summed E-state index contributed by atoms with van der Waals surface area (Å²) >= 11 is 1.45. The molecule has 7 nitrogen and oxygen atoms in total. The molecule has 184 valence electrons. The standard InChI is InChI=1S/C27H31N3O4S/c1-17(2)30(13-20(31)15-34-23-11-6-5-8-18(23)3)14-24-28-26(32)25-22(16-35-27(25)29-24)19-9-7-10-21(12-19)33-4/h5-12,16-17,20,31H,13-15H2,1-4H3,(H,28,29,32)/t20-/m1/s1. The van der Waals surface area contributed by atoms with Crippen LogP contribution < -0.4 is 15.0 Å². The number of thiophene rings is 1. The number of hydrogen-bond acceptors (Lipinski definition) is 7. The van der Waals surface area contributed by atoms with Gasteiger partial charge in [-0.15, -0.1) is 11.3 Å². The number of aliphatic hydroxyl groups excluding tert-OH is 1. The smallest absolute Gasteiger partial charge is 0.260 e. The van der Waals surface area contributed by atoms with Crippen molar-refractivity contribution < 1.29 is 14.6 Å². The zero-order valence-corrected chi connectivity index (χ0v) is 21.3. The molecule has 1 atom stereocenters. The fraction of sp³-hybridized carbons (Fsp3) is 0.333. The van der Waals surface area contributed by atoms with Crippen molar-refractivity contribution in [3.63, 3.8) is 0 Å². The van der Waals surface area contributed by atoms with Crippen LogP contribution in [0.5, 0.6) is 11.5 Å². The van der Waals surface area contributed by atoms with Crippen molar-refractivity contribution >= 4 is 21.6 Å². The molecule has 4 aromatic rings. The zero-order valence-electron chi connectivity index (χ0n) is 20.4. The van der Waals surface area contributed by atoms with Gasteiger partial charge in [0, 0.05) is 23.5 Å². The molecule has 2 aromatic carbocycles. The highest BCUT2D eigenvalue weighted by molar-refractivity contribution is 7.17. The Kier molecular flexibility index (Phi) is 7.85. The Balaban J connectivity index is 1.49. The number of aryl methyl sites for hydroxylation is 1. The third kappa shape index (κ3) is 5.90. The summed E-state index contributed by atoms with van der Waals surface area (Å²) in [5, 5.41) is 13.2. The van der Waals surface area contributed by atoms with Gasteiger partial charge in [-0.25, -0.2) is 4.98 Å². The van der Waals surface area contributed by atoms with Gasteiger partial charge >= 0.3 is 0 Å².